The fourth-order valence-electron chi connectivity index (χ4n) is 1.76. The Hall–Kier alpha value is -2.47. The number of carboxylic acids is 1. The number of halogens is 1. The first kappa shape index (κ1) is 14.9. The lowest BCUT2D eigenvalue weighted by atomic mass is 10.1. The van der Waals surface area contributed by atoms with Gasteiger partial charge in [-0.1, -0.05) is 12.1 Å². The lowest BCUT2D eigenvalue weighted by Gasteiger charge is -2.14. The van der Waals surface area contributed by atoms with Crippen LogP contribution >= 0.6 is 11.6 Å². The fraction of sp³-hybridized carbons (Fsp3) is 0.143. The molecule has 1 atom stereocenters. The Kier molecular flexibility index (Phi) is 4.49. The Morgan fingerprint density at radius 1 is 1.24 bits per heavy atom. The van der Waals surface area contributed by atoms with Crippen LogP contribution in [0.25, 0.3) is 0 Å². The second-order valence-electron chi connectivity index (χ2n) is 4.34. The van der Waals surface area contributed by atoms with E-state index in [1.165, 1.54) is 24.5 Å². The third-order valence-electron chi connectivity index (χ3n) is 2.84. The van der Waals surface area contributed by atoms with E-state index in [0.717, 1.165) is 0 Å². The van der Waals surface area contributed by atoms with Gasteiger partial charge in [-0.2, -0.15) is 0 Å². The largest absolute Gasteiger partial charge is 0.508 e. The average Bonchev–Trinajstić information content (AvgIpc) is 2.86. The van der Waals surface area contributed by atoms with Crippen LogP contribution in [0, 0.1) is 0 Å². The number of aliphatic carboxylic acids is 1. The van der Waals surface area contributed by atoms with E-state index in [1.54, 1.807) is 12.1 Å². The van der Waals surface area contributed by atoms with Gasteiger partial charge in [0.25, 0.3) is 5.91 Å². The number of carboxylic acid groups (broad SMARTS) is 1. The Morgan fingerprint density at radius 3 is 2.43 bits per heavy atom. The molecule has 1 aromatic heterocycles. The molecule has 110 valence electrons. The van der Waals surface area contributed by atoms with Crippen LogP contribution < -0.4 is 5.32 Å². The summed E-state index contributed by atoms with van der Waals surface area (Å²) < 4.78 is 4.79. The van der Waals surface area contributed by atoms with Crippen LogP contribution in [0.1, 0.15) is 15.9 Å². The maximum absolute atomic E-state index is 11.9. The molecule has 1 aromatic carbocycles. The van der Waals surface area contributed by atoms with Crippen molar-refractivity contribution in [3.8, 4) is 5.75 Å². The van der Waals surface area contributed by atoms with Crippen molar-refractivity contribution in [2.75, 3.05) is 0 Å². The van der Waals surface area contributed by atoms with Crippen molar-refractivity contribution < 1.29 is 24.2 Å². The van der Waals surface area contributed by atoms with Crippen molar-refractivity contribution in [3.63, 3.8) is 0 Å². The zero-order chi connectivity index (χ0) is 15.4. The maximum atomic E-state index is 11.9. The number of carbonyl (C=O) groups is 2. The van der Waals surface area contributed by atoms with Crippen LogP contribution in [0.15, 0.2) is 41.0 Å². The van der Waals surface area contributed by atoms with E-state index in [9.17, 15) is 19.8 Å². The minimum Gasteiger partial charge on any atom is -0.508 e. The number of hydrogen-bond donors (Lipinski definition) is 3. The number of rotatable bonds is 5. The molecule has 1 unspecified atom stereocenters. The van der Waals surface area contributed by atoms with Gasteiger partial charge in [-0.15, -0.1) is 0 Å². The highest BCUT2D eigenvalue weighted by Crippen LogP contribution is 2.17. The summed E-state index contributed by atoms with van der Waals surface area (Å²) in [6.07, 6.45) is 1.32. The number of nitrogens with one attached hydrogen (secondary N) is 1. The molecule has 2 aromatic rings. The van der Waals surface area contributed by atoms with Crippen molar-refractivity contribution in [2.24, 2.45) is 0 Å². The van der Waals surface area contributed by atoms with Gasteiger partial charge < -0.3 is 19.9 Å². The number of aromatic hydroxyl groups is 1. The van der Waals surface area contributed by atoms with E-state index in [-0.39, 0.29) is 23.0 Å². The van der Waals surface area contributed by atoms with Crippen LogP contribution in [-0.4, -0.2) is 28.1 Å². The highest BCUT2D eigenvalue weighted by molar-refractivity contribution is 6.32. The first-order chi connectivity index (χ1) is 9.97. The Labute approximate surface area is 125 Å². The van der Waals surface area contributed by atoms with Gasteiger partial charge in [-0.05, 0) is 35.4 Å². The summed E-state index contributed by atoms with van der Waals surface area (Å²) in [7, 11) is 0. The predicted octanol–water partition coefficient (Wildman–Crippen LogP) is 2.06. The van der Waals surface area contributed by atoms with E-state index in [0.29, 0.717) is 5.56 Å². The molecular formula is C14H12ClNO5. The molecule has 7 heteroatoms. The minimum absolute atomic E-state index is 0.0774. The third-order valence-corrected chi connectivity index (χ3v) is 3.13. The number of carbonyl (C=O) groups excluding carboxylic acids is 1. The topological polar surface area (TPSA) is 99.8 Å². The fourth-order valence-corrected chi connectivity index (χ4v) is 1.96. The zero-order valence-electron chi connectivity index (χ0n) is 10.7. The molecule has 0 aliphatic carbocycles. The van der Waals surface area contributed by atoms with Gasteiger partial charge in [0.2, 0.25) is 5.22 Å². The molecule has 1 amide bonds. The first-order valence-electron chi connectivity index (χ1n) is 6.02. The molecule has 0 bridgehead atoms. The monoisotopic (exact) mass is 309 g/mol. The van der Waals surface area contributed by atoms with E-state index >= 15 is 0 Å². The lowest BCUT2D eigenvalue weighted by Crippen LogP contribution is -2.42. The molecule has 3 N–H and O–H groups in total. The van der Waals surface area contributed by atoms with Gasteiger partial charge >= 0.3 is 5.97 Å². The van der Waals surface area contributed by atoms with Crippen molar-refractivity contribution in [2.45, 2.75) is 12.5 Å². The summed E-state index contributed by atoms with van der Waals surface area (Å²) in [4.78, 5) is 23.2. The average molecular weight is 310 g/mol. The maximum Gasteiger partial charge on any atom is 0.326 e. The Balaban J connectivity index is 2.09. The summed E-state index contributed by atoms with van der Waals surface area (Å²) in [6.45, 7) is 0. The number of hydrogen-bond acceptors (Lipinski definition) is 4. The summed E-state index contributed by atoms with van der Waals surface area (Å²) in [6, 6.07) is 6.31. The van der Waals surface area contributed by atoms with Gasteiger partial charge in [-0.25, -0.2) is 4.79 Å². The van der Waals surface area contributed by atoms with Crippen LogP contribution in [-0.2, 0) is 11.2 Å². The van der Waals surface area contributed by atoms with Crippen LogP contribution in [0.4, 0.5) is 0 Å². The van der Waals surface area contributed by atoms with Gasteiger partial charge in [0.05, 0.1) is 11.8 Å². The van der Waals surface area contributed by atoms with Gasteiger partial charge in [0.15, 0.2) is 0 Å². The smallest absolute Gasteiger partial charge is 0.326 e. The van der Waals surface area contributed by atoms with E-state index in [2.05, 4.69) is 5.32 Å². The van der Waals surface area contributed by atoms with Crippen molar-refractivity contribution in [1.82, 2.24) is 5.32 Å². The quantitative estimate of drug-likeness (QED) is 0.785. The molecule has 0 aliphatic heterocycles. The zero-order valence-corrected chi connectivity index (χ0v) is 11.5. The van der Waals surface area contributed by atoms with Crippen LogP contribution in [0.3, 0.4) is 0 Å². The van der Waals surface area contributed by atoms with Crippen molar-refractivity contribution in [1.29, 1.82) is 0 Å². The lowest BCUT2D eigenvalue weighted by molar-refractivity contribution is -0.139. The summed E-state index contributed by atoms with van der Waals surface area (Å²) >= 11 is 5.67. The summed E-state index contributed by atoms with van der Waals surface area (Å²) in [5.74, 6) is -1.71. The third kappa shape index (κ3) is 3.76. The minimum atomic E-state index is -1.17. The first-order valence-corrected chi connectivity index (χ1v) is 6.39. The molecule has 1 heterocycles. The predicted molar refractivity (Wildman–Crippen MR) is 74.4 cm³/mol. The molecule has 0 aliphatic rings. The highest BCUT2D eigenvalue weighted by Gasteiger charge is 2.23. The standard InChI is InChI=1S/C14H12ClNO5/c15-12-10(5-6-21-12)13(18)16-11(14(19)20)7-8-1-3-9(17)4-2-8/h1-6,11,17H,7H2,(H,16,18)(H,19,20). The van der Waals surface area contributed by atoms with Crippen molar-refractivity contribution >= 4 is 23.5 Å². The molecule has 0 saturated carbocycles. The number of phenolic OH excluding ortho intramolecular Hbond substituents is 1. The molecule has 0 saturated heterocycles. The number of amides is 1. The van der Waals surface area contributed by atoms with Gasteiger partial charge in [-0.3, -0.25) is 4.79 Å². The van der Waals surface area contributed by atoms with E-state index in [4.69, 9.17) is 16.0 Å². The molecule has 21 heavy (non-hydrogen) atoms. The summed E-state index contributed by atoms with van der Waals surface area (Å²) in [5.41, 5.74) is 0.743. The molecule has 2 rings (SSSR count). The second-order valence-corrected chi connectivity index (χ2v) is 4.69. The number of furan rings is 1. The molecule has 0 fully saturated rings. The molecular weight excluding hydrogens is 298 g/mol. The van der Waals surface area contributed by atoms with Crippen molar-refractivity contribution in [3.05, 3.63) is 52.9 Å². The molecule has 0 radical (unpaired) electrons. The highest BCUT2D eigenvalue weighted by atomic mass is 35.5. The van der Waals surface area contributed by atoms with Crippen LogP contribution in [0.5, 0.6) is 5.75 Å². The Morgan fingerprint density at radius 2 is 1.90 bits per heavy atom. The molecule has 0 spiro atoms. The number of benzene rings is 1. The SMILES string of the molecule is O=C(NC(Cc1ccc(O)cc1)C(=O)O)c1ccoc1Cl. The van der Waals surface area contributed by atoms with E-state index < -0.39 is 17.9 Å². The Bertz CT molecular complexity index is 650. The van der Waals surface area contributed by atoms with Crippen LogP contribution in [0.2, 0.25) is 5.22 Å². The molecule has 6 nitrogen and oxygen atoms in total. The summed E-state index contributed by atoms with van der Waals surface area (Å²) in [5, 5.41) is 20.7. The second kappa shape index (κ2) is 6.32. The normalized spacial score (nSPS) is 11.9. The van der Waals surface area contributed by atoms with Gasteiger partial charge in [0, 0.05) is 6.42 Å². The van der Waals surface area contributed by atoms with Gasteiger partial charge in [0.1, 0.15) is 11.8 Å². The van der Waals surface area contributed by atoms with E-state index in [1.807, 2.05) is 0 Å². The number of phenols is 1.